The van der Waals surface area contributed by atoms with Crippen molar-refractivity contribution in [3.63, 3.8) is 0 Å². The van der Waals surface area contributed by atoms with Crippen molar-refractivity contribution in [3.05, 3.63) is 0 Å². The number of hydrogen-bond donors (Lipinski definition) is 2. The molecule has 0 aromatic heterocycles. The summed E-state index contributed by atoms with van der Waals surface area (Å²) in [6, 6.07) is 0.557. The van der Waals surface area contributed by atoms with Crippen molar-refractivity contribution in [2.24, 2.45) is 0 Å². The normalized spacial score (nSPS) is 11.0. The fourth-order valence-electron chi connectivity index (χ4n) is 2.21. The maximum absolute atomic E-state index is 10.8. The van der Waals surface area contributed by atoms with E-state index in [9.17, 15) is 9.59 Å². The molecule has 0 saturated carbocycles. The van der Waals surface area contributed by atoms with Crippen molar-refractivity contribution in [2.45, 2.75) is 65.8 Å². The van der Waals surface area contributed by atoms with Gasteiger partial charge in [0.25, 0.3) is 0 Å². The number of hydrogen-bond acceptors (Lipinski definition) is 3. The van der Waals surface area contributed by atoms with E-state index in [2.05, 4.69) is 29.4 Å². The van der Waals surface area contributed by atoms with Crippen molar-refractivity contribution in [2.75, 3.05) is 26.2 Å². The molecule has 5 heteroatoms. The molecule has 2 amide bonds. The van der Waals surface area contributed by atoms with Gasteiger partial charge < -0.3 is 15.5 Å². The van der Waals surface area contributed by atoms with Crippen molar-refractivity contribution in [1.82, 2.24) is 15.5 Å². The van der Waals surface area contributed by atoms with Crippen LogP contribution in [-0.2, 0) is 9.59 Å². The van der Waals surface area contributed by atoms with Crippen LogP contribution >= 0.6 is 0 Å². The Morgan fingerprint density at radius 2 is 1.24 bits per heavy atom. The minimum absolute atomic E-state index is 0.0508. The van der Waals surface area contributed by atoms with Gasteiger partial charge in [-0.05, 0) is 52.6 Å². The predicted octanol–water partition coefficient (Wildman–Crippen LogP) is 1.92. The number of unbranched alkanes of at least 4 members (excludes halogenated alkanes) is 3. The van der Waals surface area contributed by atoms with Crippen LogP contribution in [0.25, 0.3) is 0 Å². The first kappa shape index (κ1) is 19.9. The highest BCUT2D eigenvalue weighted by molar-refractivity contribution is 5.72. The quantitative estimate of drug-likeness (QED) is 0.541. The lowest BCUT2D eigenvalue weighted by atomic mass is 10.2. The first-order valence-corrected chi connectivity index (χ1v) is 8.16. The molecule has 21 heavy (non-hydrogen) atoms. The molecule has 0 aliphatic heterocycles. The molecular formula is C16H33N3O2. The van der Waals surface area contributed by atoms with Gasteiger partial charge in [-0.1, -0.05) is 6.42 Å². The third-order valence-corrected chi connectivity index (χ3v) is 3.47. The Kier molecular flexibility index (Phi) is 12.0. The Bertz CT molecular complexity index is 293. The highest BCUT2D eigenvalue weighted by Crippen LogP contribution is 2.05. The van der Waals surface area contributed by atoms with E-state index in [0.29, 0.717) is 6.04 Å². The Hall–Kier alpha value is -1.10. The third kappa shape index (κ3) is 13.6. The van der Waals surface area contributed by atoms with Crippen molar-refractivity contribution in [3.8, 4) is 0 Å². The van der Waals surface area contributed by atoms with E-state index in [1.54, 1.807) is 13.8 Å². The molecule has 2 N–H and O–H groups in total. The van der Waals surface area contributed by atoms with Crippen LogP contribution in [-0.4, -0.2) is 48.9 Å². The van der Waals surface area contributed by atoms with Gasteiger partial charge in [-0.25, -0.2) is 0 Å². The second-order valence-corrected chi connectivity index (χ2v) is 5.86. The monoisotopic (exact) mass is 299 g/mol. The van der Waals surface area contributed by atoms with Crippen LogP contribution in [0.15, 0.2) is 0 Å². The number of nitrogens with one attached hydrogen (secondary N) is 2. The molecule has 0 aromatic carbocycles. The van der Waals surface area contributed by atoms with Crippen molar-refractivity contribution in [1.29, 1.82) is 0 Å². The lowest BCUT2D eigenvalue weighted by Crippen LogP contribution is -2.33. The Balaban J connectivity index is 3.63. The van der Waals surface area contributed by atoms with Gasteiger partial charge in [-0.3, -0.25) is 9.59 Å². The zero-order chi connectivity index (χ0) is 16.1. The van der Waals surface area contributed by atoms with Crippen LogP contribution in [0.3, 0.4) is 0 Å². The van der Waals surface area contributed by atoms with Crippen LogP contribution in [0.4, 0.5) is 0 Å². The van der Waals surface area contributed by atoms with E-state index in [4.69, 9.17) is 0 Å². The second kappa shape index (κ2) is 12.6. The highest BCUT2D eigenvalue weighted by atomic mass is 16.1. The van der Waals surface area contributed by atoms with E-state index in [-0.39, 0.29) is 11.8 Å². The average molecular weight is 299 g/mol. The zero-order valence-corrected chi connectivity index (χ0v) is 14.2. The smallest absolute Gasteiger partial charge is 0.216 e. The van der Waals surface area contributed by atoms with Crippen molar-refractivity contribution >= 4 is 11.8 Å². The van der Waals surface area contributed by atoms with E-state index < -0.39 is 0 Å². The topological polar surface area (TPSA) is 61.4 Å². The van der Waals surface area contributed by atoms with Gasteiger partial charge in [0.1, 0.15) is 0 Å². The summed E-state index contributed by atoms with van der Waals surface area (Å²) in [6.45, 7) is 11.3. The van der Waals surface area contributed by atoms with Crippen LogP contribution in [0.5, 0.6) is 0 Å². The summed E-state index contributed by atoms with van der Waals surface area (Å²) in [5.41, 5.74) is 0. The maximum atomic E-state index is 10.8. The molecule has 0 atom stereocenters. The fraction of sp³-hybridized carbons (Fsp3) is 0.875. The summed E-state index contributed by atoms with van der Waals surface area (Å²) in [7, 11) is 0. The van der Waals surface area contributed by atoms with Gasteiger partial charge in [0.05, 0.1) is 0 Å². The van der Waals surface area contributed by atoms with E-state index in [0.717, 1.165) is 51.9 Å². The number of carbonyl (C=O) groups is 2. The van der Waals surface area contributed by atoms with Gasteiger partial charge >= 0.3 is 0 Å². The van der Waals surface area contributed by atoms with Crippen LogP contribution in [0.2, 0.25) is 0 Å². The molecule has 0 spiro atoms. The molecule has 0 heterocycles. The molecule has 0 fully saturated rings. The number of rotatable bonds is 12. The highest BCUT2D eigenvalue weighted by Gasteiger charge is 2.08. The first-order chi connectivity index (χ1) is 9.93. The predicted molar refractivity (Wildman–Crippen MR) is 87.2 cm³/mol. The van der Waals surface area contributed by atoms with Crippen LogP contribution in [0, 0.1) is 0 Å². The second-order valence-electron chi connectivity index (χ2n) is 5.86. The van der Waals surface area contributed by atoms with Crippen LogP contribution < -0.4 is 10.6 Å². The Morgan fingerprint density at radius 3 is 1.67 bits per heavy atom. The van der Waals surface area contributed by atoms with Gasteiger partial charge in [-0.2, -0.15) is 0 Å². The Morgan fingerprint density at radius 1 is 0.810 bits per heavy atom. The molecule has 0 radical (unpaired) electrons. The van der Waals surface area contributed by atoms with E-state index in [1.807, 2.05) is 0 Å². The van der Waals surface area contributed by atoms with E-state index in [1.165, 1.54) is 6.42 Å². The summed E-state index contributed by atoms with van der Waals surface area (Å²) < 4.78 is 0. The SMILES string of the molecule is CC(=O)NCCCCCN(CCCCNC(C)=O)C(C)C. The summed E-state index contributed by atoms with van der Waals surface area (Å²) >= 11 is 0. The molecule has 0 saturated heterocycles. The Labute approximate surface area is 129 Å². The van der Waals surface area contributed by atoms with Gasteiger partial charge in [0.2, 0.25) is 11.8 Å². The average Bonchev–Trinajstić information content (AvgIpc) is 2.38. The molecule has 0 aromatic rings. The lowest BCUT2D eigenvalue weighted by Gasteiger charge is -2.26. The fourth-order valence-corrected chi connectivity index (χ4v) is 2.21. The van der Waals surface area contributed by atoms with Crippen LogP contribution in [0.1, 0.15) is 59.8 Å². The molecule has 0 unspecified atom stereocenters. The summed E-state index contributed by atoms with van der Waals surface area (Å²) in [5.74, 6) is 0.105. The van der Waals surface area contributed by atoms with Gasteiger partial charge in [0.15, 0.2) is 0 Å². The standard InChI is InChI=1S/C16H33N3O2/c1-14(2)19(13-9-7-11-18-16(4)21)12-8-5-6-10-17-15(3)20/h14H,5-13H2,1-4H3,(H,17,20)(H,18,21). The van der Waals surface area contributed by atoms with Gasteiger partial charge in [-0.15, -0.1) is 0 Å². The number of carbonyl (C=O) groups excluding carboxylic acids is 2. The summed E-state index contributed by atoms with van der Waals surface area (Å²) in [4.78, 5) is 24.0. The third-order valence-electron chi connectivity index (χ3n) is 3.47. The molecular weight excluding hydrogens is 266 g/mol. The number of nitrogens with zero attached hydrogens (tertiary/aromatic N) is 1. The number of amides is 2. The van der Waals surface area contributed by atoms with Gasteiger partial charge in [0, 0.05) is 33.0 Å². The van der Waals surface area contributed by atoms with Crippen molar-refractivity contribution < 1.29 is 9.59 Å². The molecule has 0 aliphatic carbocycles. The largest absolute Gasteiger partial charge is 0.356 e. The molecule has 124 valence electrons. The molecule has 0 aliphatic rings. The first-order valence-electron chi connectivity index (χ1n) is 8.16. The molecule has 5 nitrogen and oxygen atoms in total. The molecule has 0 bridgehead atoms. The van der Waals surface area contributed by atoms with E-state index >= 15 is 0 Å². The maximum Gasteiger partial charge on any atom is 0.216 e. The lowest BCUT2D eigenvalue weighted by molar-refractivity contribution is -0.119. The summed E-state index contributed by atoms with van der Waals surface area (Å²) in [6.07, 6.45) is 5.52. The minimum Gasteiger partial charge on any atom is -0.356 e. The summed E-state index contributed by atoms with van der Waals surface area (Å²) in [5, 5.41) is 5.66. The minimum atomic E-state index is 0.0508. The zero-order valence-electron chi connectivity index (χ0n) is 14.2. The molecule has 0 rings (SSSR count).